The number of anilines is 1. The molecule has 0 bridgehead atoms. The first-order valence-corrected chi connectivity index (χ1v) is 8.89. The average molecular weight is 403 g/mol. The minimum absolute atomic E-state index is 0.380. The van der Waals surface area contributed by atoms with E-state index in [-0.39, 0.29) is 5.97 Å². The zero-order valence-corrected chi connectivity index (χ0v) is 15.4. The molecule has 0 radical (unpaired) electrons. The molecular weight excluding hydrogens is 388 g/mol. The predicted molar refractivity (Wildman–Crippen MR) is 102 cm³/mol. The van der Waals surface area contributed by atoms with E-state index in [9.17, 15) is 4.79 Å². The second-order valence-corrected chi connectivity index (χ2v) is 6.93. The summed E-state index contributed by atoms with van der Waals surface area (Å²) < 4.78 is 5.55. The second-order valence-electron chi connectivity index (χ2n) is 5.20. The Morgan fingerprint density at radius 1 is 1.42 bits per heavy atom. The van der Waals surface area contributed by atoms with E-state index in [0.29, 0.717) is 16.5 Å². The Kier molecular flexibility index (Phi) is 4.97. The van der Waals surface area contributed by atoms with Gasteiger partial charge >= 0.3 is 5.97 Å². The molecule has 0 aliphatic carbocycles. The number of carbonyl (C=O) groups excluding carboxylic acids is 1. The first-order chi connectivity index (χ1) is 11.6. The number of ether oxygens (including phenoxy) is 1. The van der Waals surface area contributed by atoms with Crippen molar-refractivity contribution >= 4 is 49.0 Å². The zero-order valence-electron chi connectivity index (χ0n) is 13.0. The summed E-state index contributed by atoms with van der Waals surface area (Å²) in [5.74, 6) is -0.380. The molecule has 2 aromatic heterocycles. The van der Waals surface area contributed by atoms with Crippen LogP contribution >= 0.6 is 27.3 Å². The quantitative estimate of drug-likeness (QED) is 0.609. The average Bonchev–Trinajstić information content (AvgIpc) is 2.95. The molecule has 0 atom stereocenters. The fourth-order valence-electron chi connectivity index (χ4n) is 2.50. The molecule has 0 amide bonds. The first kappa shape index (κ1) is 16.7. The maximum atomic E-state index is 11.9. The van der Waals surface area contributed by atoms with Gasteiger partial charge in [-0.3, -0.25) is 4.98 Å². The molecule has 3 aromatic rings. The maximum Gasteiger partial charge on any atom is 0.342 e. The number of thiophene rings is 1. The number of benzene rings is 1. The Labute approximate surface area is 152 Å². The smallest absolute Gasteiger partial charge is 0.342 e. The number of fused-ring (bicyclic) bond motifs is 1. The number of aromatic nitrogens is 1. The van der Waals surface area contributed by atoms with Crippen LogP contribution in [0.5, 0.6) is 0 Å². The highest BCUT2D eigenvalue weighted by atomic mass is 79.9. The van der Waals surface area contributed by atoms with Gasteiger partial charge < -0.3 is 10.1 Å². The van der Waals surface area contributed by atoms with E-state index in [2.05, 4.69) is 38.9 Å². The molecular formula is C18H15BrN2O2S. The summed E-state index contributed by atoms with van der Waals surface area (Å²) in [6.45, 7) is 4.10. The molecule has 2 heterocycles. The summed E-state index contributed by atoms with van der Waals surface area (Å²) in [6, 6.07) is 8.11. The van der Waals surface area contributed by atoms with Gasteiger partial charge in [-0.05, 0) is 32.9 Å². The highest BCUT2D eigenvalue weighted by Gasteiger charge is 2.19. The third kappa shape index (κ3) is 3.34. The van der Waals surface area contributed by atoms with Crippen molar-refractivity contribution in [3.63, 3.8) is 0 Å². The number of esters is 1. The largest absolute Gasteiger partial charge is 0.465 e. The minimum Gasteiger partial charge on any atom is -0.465 e. The first-order valence-electron chi connectivity index (χ1n) is 7.22. The highest BCUT2D eigenvalue weighted by Crippen LogP contribution is 2.34. The zero-order chi connectivity index (χ0) is 17.1. The lowest BCUT2D eigenvalue weighted by molar-refractivity contribution is 0.0601. The SMILES string of the molecule is C=C(Cc1cccc2cnccc12)Nc1scc(Br)c1C(=O)OC. The van der Waals surface area contributed by atoms with Crippen molar-refractivity contribution in [3.8, 4) is 0 Å². The number of nitrogens with zero attached hydrogens (tertiary/aromatic N) is 1. The molecule has 0 aliphatic heterocycles. The van der Waals surface area contributed by atoms with Gasteiger partial charge in [-0.2, -0.15) is 0 Å². The molecule has 0 saturated heterocycles. The van der Waals surface area contributed by atoms with E-state index in [1.807, 2.05) is 29.8 Å². The Bertz CT molecular complexity index is 915. The van der Waals surface area contributed by atoms with Gasteiger partial charge in [-0.15, -0.1) is 11.3 Å². The number of nitrogens with one attached hydrogen (secondary N) is 1. The number of allylic oxidation sites excluding steroid dienone is 1. The lowest BCUT2D eigenvalue weighted by atomic mass is 10.0. The molecule has 0 aliphatic rings. The Balaban J connectivity index is 1.83. The van der Waals surface area contributed by atoms with Crippen LogP contribution in [0.15, 0.2) is 58.8 Å². The lowest BCUT2D eigenvalue weighted by Crippen LogP contribution is -2.07. The van der Waals surface area contributed by atoms with Gasteiger partial charge in [0.2, 0.25) is 0 Å². The molecule has 0 spiro atoms. The monoisotopic (exact) mass is 402 g/mol. The fraction of sp³-hybridized carbons (Fsp3) is 0.111. The van der Waals surface area contributed by atoms with E-state index in [1.165, 1.54) is 18.4 Å². The van der Waals surface area contributed by atoms with Gasteiger partial charge in [0.05, 0.1) is 7.11 Å². The normalized spacial score (nSPS) is 10.6. The van der Waals surface area contributed by atoms with Crippen LogP contribution in [0, 0.1) is 0 Å². The molecule has 6 heteroatoms. The van der Waals surface area contributed by atoms with Gasteiger partial charge in [-0.1, -0.05) is 24.8 Å². The van der Waals surface area contributed by atoms with Gasteiger partial charge in [0.15, 0.2) is 0 Å². The molecule has 1 aromatic carbocycles. The Morgan fingerprint density at radius 2 is 2.25 bits per heavy atom. The summed E-state index contributed by atoms with van der Waals surface area (Å²) in [4.78, 5) is 16.1. The highest BCUT2D eigenvalue weighted by molar-refractivity contribution is 9.10. The summed E-state index contributed by atoms with van der Waals surface area (Å²) in [5, 5.41) is 8.06. The number of hydrogen-bond acceptors (Lipinski definition) is 5. The van der Waals surface area contributed by atoms with Crippen LogP contribution < -0.4 is 5.32 Å². The Morgan fingerprint density at radius 3 is 3.04 bits per heavy atom. The lowest BCUT2D eigenvalue weighted by Gasteiger charge is -2.11. The van der Waals surface area contributed by atoms with Crippen molar-refractivity contribution in [2.45, 2.75) is 6.42 Å². The van der Waals surface area contributed by atoms with Crippen LogP contribution in [0.3, 0.4) is 0 Å². The molecule has 4 nitrogen and oxygen atoms in total. The van der Waals surface area contributed by atoms with E-state index in [4.69, 9.17) is 4.74 Å². The number of methoxy groups -OCH3 is 1. The maximum absolute atomic E-state index is 11.9. The van der Waals surface area contributed by atoms with E-state index in [0.717, 1.165) is 27.0 Å². The molecule has 1 N–H and O–H groups in total. The van der Waals surface area contributed by atoms with E-state index >= 15 is 0 Å². The van der Waals surface area contributed by atoms with Crippen LogP contribution in [0.1, 0.15) is 15.9 Å². The van der Waals surface area contributed by atoms with Crippen molar-refractivity contribution in [2.75, 3.05) is 12.4 Å². The molecule has 0 saturated carbocycles. The number of rotatable bonds is 5. The molecule has 122 valence electrons. The van der Waals surface area contributed by atoms with Gasteiger partial charge in [-0.25, -0.2) is 4.79 Å². The fourth-order valence-corrected chi connectivity index (χ4v) is 4.12. The van der Waals surface area contributed by atoms with Crippen molar-refractivity contribution in [1.82, 2.24) is 4.98 Å². The van der Waals surface area contributed by atoms with Crippen LogP contribution in [0.4, 0.5) is 5.00 Å². The Hall–Kier alpha value is -2.18. The molecule has 0 unspecified atom stereocenters. The summed E-state index contributed by atoms with van der Waals surface area (Å²) in [5.41, 5.74) is 2.45. The van der Waals surface area contributed by atoms with Crippen LogP contribution in [0.25, 0.3) is 10.8 Å². The van der Waals surface area contributed by atoms with Gasteiger partial charge in [0.1, 0.15) is 10.6 Å². The summed E-state index contributed by atoms with van der Waals surface area (Å²) in [6.07, 6.45) is 4.28. The molecule has 3 rings (SSSR count). The van der Waals surface area contributed by atoms with Crippen molar-refractivity contribution < 1.29 is 9.53 Å². The number of pyridine rings is 1. The summed E-state index contributed by atoms with van der Waals surface area (Å²) in [7, 11) is 1.37. The molecule has 0 fully saturated rings. The van der Waals surface area contributed by atoms with Crippen LogP contribution in [-0.4, -0.2) is 18.1 Å². The third-order valence-corrected chi connectivity index (χ3v) is 5.42. The molecule has 24 heavy (non-hydrogen) atoms. The predicted octanol–water partition coefficient (Wildman–Crippen LogP) is 5.01. The summed E-state index contributed by atoms with van der Waals surface area (Å²) >= 11 is 4.81. The topological polar surface area (TPSA) is 51.2 Å². The number of hydrogen-bond donors (Lipinski definition) is 1. The number of halogens is 1. The second kappa shape index (κ2) is 7.15. The third-order valence-electron chi connectivity index (χ3n) is 3.60. The number of carbonyl (C=O) groups is 1. The van der Waals surface area contributed by atoms with Crippen LogP contribution in [-0.2, 0) is 11.2 Å². The van der Waals surface area contributed by atoms with Gasteiger partial charge in [0, 0.05) is 39.8 Å². The minimum atomic E-state index is -0.380. The van der Waals surface area contributed by atoms with E-state index in [1.54, 1.807) is 6.20 Å². The van der Waals surface area contributed by atoms with Gasteiger partial charge in [0.25, 0.3) is 0 Å². The van der Waals surface area contributed by atoms with Crippen molar-refractivity contribution in [3.05, 3.63) is 69.9 Å². The van der Waals surface area contributed by atoms with Crippen molar-refractivity contribution in [2.24, 2.45) is 0 Å². The van der Waals surface area contributed by atoms with Crippen molar-refractivity contribution in [1.29, 1.82) is 0 Å². The van der Waals surface area contributed by atoms with Crippen LogP contribution in [0.2, 0.25) is 0 Å². The standard InChI is InChI=1S/C18H15BrN2O2S/c1-11(21-17-16(18(22)23-2)15(19)10-24-17)8-12-4-3-5-13-9-20-7-6-14(12)13/h3-7,9-10,21H,1,8H2,2H3. The van der Waals surface area contributed by atoms with E-state index < -0.39 is 0 Å².